The molecule has 3 N–H and O–H groups in total. The van der Waals surface area contributed by atoms with Crippen molar-refractivity contribution in [1.82, 2.24) is 0 Å². The lowest BCUT2D eigenvalue weighted by Gasteiger charge is -2.02. The van der Waals surface area contributed by atoms with Gasteiger partial charge >= 0.3 is 5.97 Å². The molecule has 5 heteroatoms. The number of carbonyl (C=O) groups is 1. The van der Waals surface area contributed by atoms with Gasteiger partial charge in [-0.25, -0.2) is 4.79 Å². The van der Waals surface area contributed by atoms with Crippen LogP contribution in [-0.4, -0.2) is 11.1 Å². The van der Waals surface area contributed by atoms with E-state index in [1.807, 2.05) is 6.92 Å². The highest BCUT2D eigenvalue weighted by atomic mass is 32.2. The van der Waals surface area contributed by atoms with Crippen LogP contribution in [0.2, 0.25) is 0 Å². The first-order valence-corrected chi connectivity index (χ1v) is 7.59. The van der Waals surface area contributed by atoms with Crippen molar-refractivity contribution in [2.75, 3.05) is 5.73 Å². The number of anilines is 1. The molecule has 0 radical (unpaired) electrons. The lowest BCUT2D eigenvalue weighted by atomic mass is 10.2. The number of rotatable bonds is 4. The van der Waals surface area contributed by atoms with Gasteiger partial charge in [-0.3, -0.25) is 0 Å². The number of hydrogen-bond acceptors (Lipinski definition) is 4. The SMILES string of the molecule is Cc1ccc(SCc2sc(N)c(C(=O)O)c2C)cc1. The fourth-order valence-corrected chi connectivity index (χ4v) is 3.89. The third kappa shape index (κ3) is 3.11. The molecule has 0 bridgehead atoms. The molecule has 2 aromatic rings. The highest BCUT2D eigenvalue weighted by Gasteiger charge is 2.18. The molecule has 1 aromatic carbocycles. The van der Waals surface area contributed by atoms with Crippen LogP contribution < -0.4 is 5.73 Å². The van der Waals surface area contributed by atoms with Crippen LogP contribution in [0.25, 0.3) is 0 Å². The van der Waals surface area contributed by atoms with Gasteiger partial charge in [0.15, 0.2) is 0 Å². The third-order valence-electron chi connectivity index (χ3n) is 2.88. The average molecular weight is 293 g/mol. The maximum Gasteiger partial charge on any atom is 0.338 e. The second kappa shape index (κ2) is 5.67. The minimum atomic E-state index is -0.946. The normalized spacial score (nSPS) is 10.6. The Bertz CT molecular complexity index is 603. The molecule has 0 aliphatic rings. The second-order valence-electron chi connectivity index (χ2n) is 4.30. The van der Waals surface area contributed by atoms with Crippen molar-refractivity contribution < 1.29 is 9.90 Å². The summed E-state index contributed by atoms with van der Waals surface area (Å²) in [5.74, 6) is -0.199. The van der Waals surface area contributed by atoms with Crippen molar-refractivity contribution in [3.63, 3.8) is 0 Å². The Morgan fingerprint density at radius 2 is 1.95 bits per heavy atom. The molecular formula is C14H15NO2S2. The summed E-state index contributed by atoms with van der Waals surface area (Å²) in [7, 11) is 0. The molecule has 0 atom stereocenters. The Morgan fingerprint density at radius 3 is 2.47 bits per heavy atom. The van der Waals surface area contributed by atoms with Crippen molar-refractivity contribution in [2.24, 2.45) is 0 Å². The Labute approximate surface area is 120 Å². The fourth-order valence-electron chi connectivity index (χ4n) is 1.77. The van der Waals surface area contributed by atoms with E-state index >= 15 is 0 Å². The Hall–Kier alpha value is -1.46. The van der Waals surface area contributed by atoms with Crippen LogP contribution in [0.5, 0.6) is 0 Å². The van der Waals surface area contributed by atoms with Crippen molar-refractivity contribution in [3.05, 3.63) is 45.8 Å². The highest BCUT2D eigenvalue weighted by molar-refractivity contribution is 7.98. The first-order valence-electron chi connectivity index (χ1n) is 5.79. The summed E-state index contributed by atoms with van der Waals surface area (Å²) < 4.78 is 0. The van der Waals surface area contributed by atoms with Gasteiger partial charge in [-0.1, -0.05) is 17.7 Å². The molecule has 0 fully saturated rings. The largest absolute Gasteiger partial charge is 0.478 e. The highest BCUT2D eigenvalue weighted by Crippen LogP contribution is 2.34. The van der Waals surface area contributed by atoms with E-state index in [2.05, 4.69) is 31.2 Å². The maximum absolute atomic E-state index is 11.1. The smallest absolute Gasteiger partial charge is 0.338 e. The number of aromatic carboxylic acids is 1. The van der Waals surface area contributed by atoms with E-state index < -0.39 is 5.97 Å². The summed E-state index contributed by atoms with van der Waals surface area (Å²) in [5, 5.41) is 9.49. The molecule has 0 saturated carbocycles. The van der Waals surface area contributed by atoms with E-state index in [0.717, 1.165) is 16.2 Å². The molecule has 3 nitrogen and oxygen atoms in total. The zero-order valence-corrected chi connectivity index (χ0v) is 12.4. The number of thioether (sulfide) groups is 1. The van der Waals surface area contributed by atoms with Gasteiger partial charge in [-0.05, 0) is 31.5 Å². The summed E-state index contributed by atoms with van der Waals surface area (Å²) in [6.45, 7) is 3.87. The van der Waals surface area contributed by atoms with Gasteiger partial charge in [0.2, 0.25) is 0 Å². The molecule has 0 aliphatic carbocycles. The molecule has 100 valence electrons. The van der Waals surface area contributed by atoms with Gasteiger partial charge in [0.25, 0.3) is 0 Å². The van der Waals surface area contributed by atoms with E-state index in [1.165, 1.54) is 21.8 Å². The molecule has 0 aliphatic heterocycles. The number of benzene rings is 1. The summed E-state index contributed by atoms with van der Waals surface area (Å²) in [6, 6.07) is 8.29. The predicted molar refractivity (Wildman–Crippen MR) is 81.2 cm³/mol. The Morgan fingerprint density at radius 1 is 1.32 bits per heavy atom. The number of nitrogens with two attached hydrogens (primary N) is 1. The van der Waals surface area contributed by atoms with Crippen LogP contribution in [0.4, 0.5) is 5.00 Å². The van der Waals surface area contributed by atoms with Crippen LogP contribution in [0, 0.1) is 13.8 Å². The molecule has 0 saturated heterocycles. The predicted octanol–water partition coefficient (Wildman–Crippen LogP) is 3.94. The van der Waals surface area contributed by atoms with Crippen molar-refractivity contribution >= 4 is 34.1 Å². The number of hydrogen-bond donors (Lipinski definition) is 2. The van der Waals surface area contributed by atoms with Crippen LogP contribution in [0.1, 0.15) is 26.4 Å². The average Bonchev–Trinajstić information content (AvgIpc) is 2.63. The molecule has 0 amide bonds. The van der Waals surface area contributed by atoms with Gasteiger partial charge in [-0.2, -0.15) is 0 Å². The molecule has 2 rings (SSSR count). The first kappa shape index (κ1) is 14.0. The van der Waals surface area contributed by atoms with E-state index in [9.17, 15) is 4.79 Å². The molecule has 0 unspecified atom stereocenters. The third-order valence-corrected chi connectivity index (χ3v) is 5.22. The molecule has 0 spiro atoms. The number of thiophene rings is 1. The fraction of sp³-hybridized carbons (Fsp3) is 0.214. The number of aryl methyl sites for hydroxylation is 1. The van der Waals surface area contributed by atoms with Gasteiger partial charge in [0.05, 0.1) is 5.56 Å². The van der Waals surface area contributed by atoms with Gasteiger partial charge in [0.1, 0.15) is 5.00 Å². The second-order valence-corrected chi connectivity index (χ2v) is 6.48. The lowest BCUT2D eigenvalue weighted by Crippen LogP contribution is -2.00. The van der Waals surface area contributed by atoms with Crippen LogP contribution in [-0.2, 0) is 5.75 Å². The zero-order valence-electron chi connectivity index (χ0n) is 10.8. The number of nitrogen functional groups attached to an aromatic ring is 1. The van der Waals surface area contributed by atoms with Crippen molar-refractivity contribution in [2.45, 2.75) is 24.5 Å². The summed E-state index contributed by atoms with van der Waals surface area (Å²) >= 11 is 3.06. The number of carboxylic acid groups (broad SMARTS) is 1. The summed E-state index contributed by atoms with van der Waals surface area (Å²) in [4.78, 5) is 13.3. The topological polar surface area (TPSA) is 63.3 Å². The quantitative estimate of drug-likeness (QED) is 0.838. The van der Waals surface area contributed by atoms with E-state index in [4.69, 9.17) is 10.8 Å². The minimum absolute atomic E-state index is 0.254. The Kier molecular flexibility index (Phi) is 4.17. The van der Waals surface area contributed by atoms with Crippen LogP contribution in [0.3, 0.4) is 0 Å². The summed E-state index contributed by atoms with van der Waals surface area (Å²) in [5.41, 5.74) is 8.03. The van der Waals surface area contributed by atoms with Crippen molar-refractivity contribution in [1.29, 1.82) is 0 Å². The van der Waals surface area contributed by atoms with Gasteiger partial charge in [0, 0.05) is 15.5 Å². The molecule has 1 heterocycles. The molecular weight excluding hydrogens is 278 g/mol. The molecule has 1 aromatic heterocycles. The van der Waals surface area contributed by atoms with Gasteiger partial charge < -0.3 is 10.8 Å². The van der Waals surface area contributed by atoms with Crippen molar-refractivity contribution in [3.8, 4) is 0 Å². The maximum atomic E-state index is 11.1. The zero-order chi connectivity index (χ0) is 14.0. The van der Waals surface area contributed by atoms with E-state index in [-0.39, 0.29) is 5.56 Å². The van der Waals surface area contributed by atoms with E-state index in [1.54, 1.807) is 11.8 Å². The monoisotopic (exact) mass is 293 g/mol. The van der Waals surface area contributed by atoms with E-state index in [0.29, 0.717) is 5.00 Å². The number of carboxylic acids is 1. The standard InChI is InChI=1S/C14H15NO2S2/c1-8-3-5-10(6-4-8)18-7-11-9(2)12(14(16)17)13(15)19-11/h3-6H,7,15H2,1-2H3,(H,16,17). The summed E-state index contributed by atoms with van der Waals surface area (Å²) in [6.07, 6.45) is 0. The Balaban J connectivity index is 2.14. The van der Waals surface area contributed by atoms with Crippen LogP contribution in [0.15, 0.2) is 29.2 Å². The van der Waals surface area contributed by atoms with Crippen LogP contribution >= 0.6 is 23.1 Å². The lowest BCUT2D eigenvalue weighted by molar-refractivity contribution is 0.0697. The first-order chi connectivity index (χ1) is 8.99. The molecule has 19 heavy (non-hydrogen) atoms. The van der Waals surface area contributed by atoms with Gasteiger partial charge in [-0.15, -0.1) is 23.1 Å². The minimum Gasteiger partial charge on any atom is -0.478 e.